The molecule has 2 aromatic rings. The third-order valence-corrected chi connectivity index (χ3v) is 4.80. The van der Waals surface area contributed by atoms with E-state index in [1.54, 1.807) is 0 Å². The second kappa shape index (κ2) is 10.8. The minimum Gasteiger partial charge on any atom is -0.366 e. The van der Waals surface area contributed by atoms with Crippen LogP contribution in [-0.4, -0.2) is 35.3 Å². The van der Waals surface area contributed by atoms with Crippen molar-refractivity contribution in [2.24, 2.45) is 11.5 Å². The number of nitrogens with two attached hydrogens (primary N) is 2. The van der Waals surface area contributed by atoms with Crippen LogP contribution >= 0.6 is 0 Å². The SMILES string of the molecule is C#Cc1cc(C(N)=O)cc(F)c1NS(C)(=O)=O.C#Cc1cc(CN)cc(F)c1NS(C)(=O)=O. The zero-order chi connectivity index (χ0) is 25.6. The summed E-state index contributed by atoms with van der Waals surface area (Å²) < 4.78 is 75.1. The highest BCUT2D eigenvalue weighted by Gasteiger charge is 2.15. The molecule has 0 atom stereocenters. The third kappa shape index (κ3) is 8.42. The van der Waals surface area contributed by atoms with Gasteiger partial charge < -0.3 is 11.5 Å². The highest BCUT2D eigenvalue weighted by Crippen LogP contribution is 2.23. The van der Waals surface area contributed by atoms with Crippen LogP contribution in [0.2, 0.25) is 0 Å². The average molecular weight is 499 g/mol. The summed E-state index contributed by atoms with van der Waals surface area (Å²) in [5.41, 5.74) is 10.1. The number of halogens is 2. The zero-order valence-corrected chi connectivity index (χ0v) is 19.1. The van der Waals surface area contributed by atoms with Crippen LogP contribution in [0.15, 0.2) is 24.3 Å². The number of primary amides is 1. The number of hydrogen-bond acceptors (Lipinski definition) is 6. The molecule has 13 heteroatoms. The standard InChI is InChI=1S/C10H9FN2O3S.C10H11FN2O2S/c1-3-6-4-7(10(12)14)5-8(11)9(6)13-17(2,15)16;1-3-8-4-7(6-12)5-9(11)10(8)13-16(2,14)15/h1,4-5,13H,2H3,(H2,12,14);1,4-5,13H,6,12H2,2H3. The van der Waals surface area contributed by atoms with Gasteiger partial charge in [0, 0.05) is 12.1 Å². The Morgan fingerprint density at radius 3 is 1.70 bits per heavy atom. The van der Waals surface area contributed by atoms with Gasteiger partial charge in [0.05, 0.1) is 35.0 Å². The number of sulfonamides is 2. The average Bonchev–Trinajstić information content (AvgIpc) is 2.69. The molecule has 0 unspecified atom stereocenters. The first-order valence-corrected chi connectivity index (χ1v) is 12.4. The Morgan fingerprint density at radius 2 is 1.33 bits per heavy atom. The van der Waals surface area contributed by atoms with Gasteiger partial charge in [-0.3, -0.25) is 14.2 Å². The van der Waals surface area contributed by atoms with Gasteiger partial charge in [0.2, 0.25) is 26.0 Å². The van der Waals surface area contributed by atoms with Gasteiger partial charge in [0.1, 0.15) is 11.6 Å². The van der Waals surface area contributed by atoms with Crippen molar-refractivity contribution < 1.29 is 30.4 Å². The quantitative estimate of drug-likeness (QED) is 0.433. The van der Waals surface area contributed by atoms with E-state index in [4.69, 9.17) is 24.3 Å². The number of amides is 1. The van der Waals surface area contributed by atoms with Crippen molar-refractivity contribution in [3.05, 3.63) is 58.2 Å². The number of benzene rings is 2. The van der Waals surface area contributed by atoms with Crippen molar-refractivity contribution in [2.75, 3.05) is 22.0 Å². The van der Waals surface area contributed by atoms with Gasteiger partial charge in [-0.2, -0.15) is 0 Å². The number of terminal acetylenes is 2. The number of carbonyl (C=O) groups is 1. The van der Waals surface area contributed by atoms with E-state index in [0.29, 0.717) is 5.56 Å². The number of carbonyl (C=O) groups excluding carboxylic acids is 1. The summed E-state index contributed by atoms with van der Waals surface area (Å²) in [4.78, 5) is 10.9. The van der Waals surface area contributed by atoms with Crippen molar-refractivity contribution >= 4 is 37.3 Å². The van der Waals surface area contributed by atoms with Crippen molar-refractivity contribution in [3.63, 3.8) is 0 Å². The molecule has 6 N–H and O–H groups in total. The molecular formula is C20H20F2N4O5S2. The predicted molar refractivity (Wildman–Crippen MR) is 122 cm³/mol. The second-order valence-electron chi connectivity index (χ2n) is 6.49. The number of anilines is 2. The van der Waals surface area contributed by atoms with Crippen molar-refractivity contribution in [1.82, 2.24) is 0 Å². The van der Waals surface area contributed by atoms with Gasteiger partial charge in [-0.1, -0.05) is 11.8 Å². The molecule has 0 aliphatic heterocycles. The van der Waals surface area contributed by atoms with Crippen molar-refractivity contribution in [1.29, 1.82) is 0 Å². The number of hydrogen-bond donors (Lipinski definition) is 4. The molecule has 0 radical (unpaired) electrons. The molecule has 0 saturated heterocycles. The molecule has 2 aromatic carbocycles. The fourth-order valence-electron chi connectivity index (χ4n) is 2.34. The van der Waals surface area contributed by atoms with Gasteiger partial charge >= 0.3 is 0 Å². The number of nitrogens with one attached hydrogen (secondary N) is 2. The molecular weight excluding hydrogens is 478 g/mol. The summed E-state index contributed by atoms with van der Waals surface area (Å²) in [6, 6.07) is 4.57. The largest absolute Gasteiger partial charge is 0.366 e. The summed E-state index contributed by atoms with van der Waals surface area (Å²) in [6.45, 7) is 0.130. The maximum absolute atomic E-state index is 13.6. The van der Waals surface area contributed by atoms with Gasteiger partial charge in [-0.25, -0.2) is 25.6 Å². The molecule has 0 fully saturated rings. The maximum Gasteiger partial charge on any atom is 0.248 e. The van der Waals surface area contributed by atoms with E-state index in [2.05, 4.69) is 11.8 Å². The van der Waals surface area contributed by atoms with Gasteiger partial charge in [0.25, 0.3) is 0 Å². The molecule has 0 aromatic heterocycles. The first kappa shape index (κ1) is 27.4. The fraction of sp³-hybridized carbons (Fsp3) is 0.150. The van der Waals surface area contributed by atoms with E-state index in [0.717, 1.165) is 30.7 Å². The van der Waals surface area contributed by atoms with Crippen LogP contribution in [0.1, 0.15) is 27.0 Å². The van der Waals surface area contributed by atoms with Gasteiger partial charge in [-0.15, -0.1) is 12.8 Å². The Balaban J connectivity index is 0.000000331. The summed E-state index contributed by atoms with van der Waals surface area (Å²) in [6.07, 6.45) is 12.0. The Bertz CT molecular complexity index is 1380. The third-order valence-electron chi connectivity index (χ3n) is 3.65. The molecule has 0 bridgehead atoms. The zero-order valence-electron chi connectivity index (χ0n) is 17.4. The number of rotatable bonds is 6. The van der Waals surface area contributed by atoms with Crippen LogP contribution in [0.3, 0.4) is 0 Å². The molecule has 0 spiro atoms. The van der Waals surface area contributed by atoms with Crippen molar-refractivity contribution in [2.45, 2.75) is 6.54 Å². The van der Waals surface area contributed by atoms with E-state index in [9.17, 15) is 30.4 Å². The lowest BCUT2D eigenvalue weighted by Crippen LogP contribution is -2.15. The Morgan fingerprint density at radius 1 is 0.909 bits per heavy atom. The molecule has 2 rings (SSSR count). The monoisotopic (exact) mass is 498 g/mol. The van der Waals surface area contributed by atoms with Crippen LogP contribution in [0, 0.1) is 36.3 Å². The fourth-order valence-corrected chi connectivity index (χ4v) is 3.49. The van der Waals surface area contributed by atoms with Crippen LogP contribution in [0.25, 0.3) is 0 Å². The van der Waals surface area contributed by atoms with E-state index < -0.39 is 37.6 Å². The highest BCUT2D eigenvalue weighted by atomic mass is 32.2. The minimum atomic E-state index is -3.67. The molecule has 0 heterocycles. The smallest absolute Gasteiger partial charge is 0.248 e. The topological polar surface area (TPSA) is 161 Å². The first-order chi connectivity index (χ1) is 15.1. The summed E-state index contributed by atoms with van der Waals surface area (Å²) in [7, 11) is -7.24. The summed E-state index contributed by atoms with van der Waals surface area (Å²) in [5.74, 6) is 1.74. The van der Waals surface area contributed by atoms with E-state index in [1.807, 2.05) is 9.44 Å². The summed E-state index contributed by atoms with van der Waals surface area (Å²) in [5, 5.41) is 0. The first-order valence-electron chi connectivity index (χ1n) is 8.66. The van der Waals surface area contributed by atoms with Crippen molar-refractivity contribution in [3.8, 4) is 24.7 Å². The maximum atomic E-state index is 13.6. The highest BCUT2D eigenvalue weighted by molar-refractivity contribution is 7.92. The minimum absolute atomic E-state index is 0.0933. The predicted octanol–water partition coefficient (Wildman–Crippen LogP) is 0.915. The van der Waals surface area contributed by atoms with Gasteiger partial charge in [-0.05, 0) is 29.8 Å². The van der Waals surface area contributed by atoms with E-state index >= 15 is 0 Å². The van der Waals surface area contributed by atoms with Crippen LogP contribution in [0.4, 0.5) is 20.2 Å². The molecule has 0 saturated carbocycles. The van der Waals surface area contributed by atoms with Crippen LogP contribution in [0.5, 0.6) is 0 Å². The molecule has 0 aliphatic carbocycles. The molecule has 1 amide bonds. The second-order valence-corrected chi connectivity index (χ2v) is 9.98. The molecule has 176 valence electrons. The van der Waals surface area contributed by atoms with Crippen LogP contribution < -0.4 is 20.9 Å². The summed E-state index contributed by atoms with van der Waals surface area (Å²) >= 11 is 0. The lowest BCUT2D eigenvalue weighted by atomic mass is 10.1. The Labute approximate surface area is 190 Å². The Kier molecular flexibility index (Phi) is 8.95. The lowest BCUT2D eigenvalue weighted by Gasteiger charge is -2.09. The van der Waals surface area contributed by atoms with E-state index in [-0.39, 0.29) is 34.6 Å². The normalized spacial score (nSPS) is 10.8. The van der Waals surface area contributed by atoms with E-state index in [1.165, 1.54) is 6.07 Å². The Hall–Kier alpha value is -3.65. The lowest BCUT2D eigenvalue weighted by molar-refractivity contribution is 0.1000. The molecule has 0 aliphatic rings. The van der Waals surface area contributed by atoms with Crippen LogP contribution in [-0.2, 0) is 26.6 Å². The van der Waals surface area contributed by atoms with Gasteiger partial charge in [0.15, 0.2) is 0 Å². The molecule has 33 heavy (non-hydrogen) atoms. The molecule has 9 nitrogen and oxygen atoms in total.